The molecule has 0 saturated carbocycles. The molecule has 2 amide bonds. The Morgan fingerprint density at radius 2 is 2.36 bits per heavy atom. The van der Waals surface area contributed by atoms with E-state index < -0.39 is 6.10 Å². The van der Waals surface area contributed by atoms with Gasteiger partial charge in [-0.2, -0.15) is 0 Å². The van der Waals surface area contributed by atoms with E-state index in [4.69, 9.17) is 4.42 Å². The molecule has 1 aliphatic rings. The Morgan fingerprint density at radius 3 is 3.09 bits per heavy atom. The minimum absolute atomic E-state index is 0.204. The minimum Gasteiger partial charge on any atom is -0.423 e. The van der Waals surface area contributed by atoms with Crippen molar-refractivity contribution in [3.63, 3.8) is 0 Å². The van der Waals surface area contributed by atoms with Crippen LogP contribution in [0.1, 0.15) is 18.4 Å². The van der Waals surface area contributed by atoms with Gasteiger partial charge in [0.15, 0.2) is 0 Å². The van der Waals surface area contributed by atoms with Crippen molar-refractivity contribution in [2.24, 2.45) is 0 Å². The summed E-state index contributed by atoms with van der Waals surface area (Å²) in [6.45, 7) is 2.94. The van der Waals surface area contributed by atoms with Gasteiger partial charge in [-0.05, 0) is 37.5 Å². The average molecular weight is 302 g/mol. The molecule has 3 rings (SSSR count). The molecule has 2 heterocycles. The van der Waals surface area contributed by atoms with Gasteiger partial charge in [-0.1, -0.05) is 6.07 Å². The summed E-state index contributed by atoms with van der Waals surface area (Å²) in [6, 6.07) is 5.36. The molecule has 2 N–H and O–H groups in total. The second kappa shape index (κ2) is 6.15. The van der Waals surface area contributed by atoms with Gasteiger partial charge in [-0.15, -0.1) is 10.2 Å². The van der Waals surface area contributed by atoms with Gasteiger partial charge in [0.25, 0.3) is 0 Å². The molecule has 0 radical (unpaired) electrons. The number of anilines is 1. The highest BCUT2D eigenvalue weighted by molar-refractivity contribution is 5.91. The number of nitrogens with zero attached hydrogens (tertiary/aromatic N) is 3. The van der Waals surface area contributed by atoms with Gasteiger partial charge in [0.1, 0.15) is 0 Å². The summed E-state index contributed by atoms with van der Waals surface area (Å²) in [5.74, 6) is 0.406. The predicted molar refractivity (Wildman–Crippen MR) is 80.3 cm³/mol. The van der Waals surface area contributed by atoms with Gasteiger partial charge in [-0.25, -0.2) is 4.79 Å². The van der Waals surface area contributed by atoms with Gasteiger partial charge in [0, 0.05) is 24.3 Å². The van der Waals surface area contributed by atoms with Crippen molar-refractivity contribution in [2.45, 2.75) is 25.9 Å². The lowest BCUT2D eigenvalue weighted by atomic mass is 10.1. The van der Waals surface area contributed by atoms with Crippen LogP contribution in [0.4, 0.5) is 10.5 Å². The number of carbonyl (C=O) groups is 1. The largest absolute Gasteiger partial charge is 0.423 e. The zero-order valence-electron chi connectivity index (χ0n) is 12.3. The summed E-state index contributed by atoms with van der Waals surface area (Å²) in [5.41, 5.74) is 2.38. The summed E-state index contributed by atoms with van der Waals surface area (Å²) < 4.78 is 5.17. The number of piperidine rings is 1. The topological polar surface area (TPSA) is 91.5 Å². The average Bonchev–Trinajstić information content (AvgIpc) is 3.04. The summed E-state index contributed by atoms with van der Waals surface area (Å²) in [4.78, 5) is 13.9. The molecule has 1 unspecified atom stereocenters. The third-order valence-corrected chi connectivity index (χ3v) is 3.77. The smallest absolute Gasteiger partial charge is 0.321 e. The number of benzene rings is 1. The number of aromatic nitrogens is 2. The maximum Gasteiger partial charge on any atom is 0.321 e. The van der Waals surface area contributed by atoms with Crippen molar-refractivity contribution in [1.29, 1.82) is 0 Å². The number of nitrogens with one attached hydrogen (secondary N) is 1. The van der Waals surface area contributed by atoms with E-state index in [0.717, 1.165) is 24.0 Å². The third kappa shape index (κ3) is 3.09. The molecule has 0 bridgehead atoms. The Hall–Kier alpha value is -2.41. The van der Waals surface area contributed by atoms with Gasteiger partial charge in [-0.3, -0.25) is 0 Å². The maximum absolute atomic E-state index is 12.3. The summed E-state index contributed by atoms with van der Waals surface area (Å²) >= 11 is 0. The van der Waals surface area contributed by atoms with Crippen molar-refractivity contribution < 1.29 is 14.3 Å². The first kappa shape index (κ1) is 14.5. The third-order valence-electron chi connectivity index (χ3n) is 3.77. The molecule has 7 heteroatoms. The molecule has 1 atom stereocenters. The fraction of sp³-hybridized carbons (Fsp3) is 0.400. The van der Waals surface area contributed by atoms with Crippen LogP contribution in [0.3, 0.4) is 0 Å². The Labute approximate surface area is 128 Å². The Morgan fingerprint density at radius 1 is 1.50 bits per heavy atom. The Bertz CT molecular complexity index is 657. The van der Waals surface area contributed by atoms with Gasteiger partial charge in [0.2, 0.25) is 12.3 Å². The van der Waals surface area contributed by atoms with Crippen molar-refractivity contribution in [1.82, 2.24) is 15.1 Å². The Balaban J connectivity index is 1.76. The first-order chi connectivity index (χ1) is 10.6. The van der Waals surface area contributed by atoms with E-state index in [1.807, 2.05) is 19.1 Å². The van der Waals surface area contributed by atoms with Crippen LogP contribution in [-0.2, 0) is 0 Å². The summed E-state index contributed by atoms with van der Waals surface area (Å²) in [5, 5.41) is 20.1. The highest BCUT2D eigenvalue weighted by atomic mass is 16.4. The second-order valence-electron chi connectivity index (χ2n) is 5.45. The van der Waals surface area contributed by atoms with Crippen LogP contribution in [0.2, 0.25) is 0 Å². The van der Waals surface area contributed by atoms with E-state index in [0.29, 0.717) is 24.7 Å². The van der Waals surface area contributed by atoms with Crippen LogP contribution in [0.25, 0.3) is 11.5 Å². The first-order valence-electron chi connectivity index (χ1n) is 7.24. The molecule has 2 aromatic rings. The molecule has 1 fully saturated rings. The number of hydrogen-bond donors (Lipinski definition) is 2. The van der Waals surface area contributed by atoms with E-state index in [-0.39, 0.29) is 6.03 Å². The minimum atomic E-state index is -0.440. The summed E-state index contributed by atoms with van der Waals surface area (Å²) in [6.07, 6.45) is 2.39. The Kier molecular flexibility index (Phi) is 4.06. The normalized spacial score (nSPS) is 18.3. The van der Waals surface area contributed by atoms with E-state index in [1.165, 1.54) is 6.39 Å². The van der Waals surface area contributed by atoms with Crippen LogP contribution in [-0.4, -0.2) is 45.4 Å². The van der Waals surface area contributed by atoms with Crippen molar-refractivity contribution in [2.75, 3.05) is 18.4 Å². The monoisotopic (exact) mass is 302 g/mol. The van der Waals surface area contributed by atoms with Crippen LogP contribution in [0.5, 0.6) is 0 Å². The molecule has 22 heavy (non-hydrogen) atoms. The number of carbonyl (C=O) groups excluding carboxylic acids is 1. The van der Waals surface area contributed by atoms with Crippen molar-refractivity contribution in [3.05, 3.63) is 30.2 Å². The molecule has 0 aliphatic carbocycles. The molecule has 1 saturated heterocycles. The molecule has 0 spiro atoms. The number of aliphatic hydroxyl groups excluding tert-OH is 1. The van der Waals surface area contributed by atoms with E-state index in [2.05, 4.69) is 15.5 Å². The van der Waals surface area contributed by atoms with Crippen LogP contribution in [0, 0.1) is 6.92 Å². The number of hydrogen-bond acceptors (Lipinski definition) is 5. The fourth-order valence-corrected chi connectivity index (χ4v) is 2.52. The predicted octanol–water partition coefficient (Wildman–Crippen LogP) is 2.03. The highest BCUT2D eigenvalue weighted by Gasteiger charge is 2.22. The van der Waals surface area contributed by atoms with Crippen LogP contribution >= 0.6 is 0 Å². The highest BCUT2D eigenvalue weighted by Crippen LogP contribution is 2.24. The zero-order chi connectivity index (χ0) is 15.5. The zero-order valence-corrected chi connectivity index (χ0v) is 12.3. The molecular weight excluding hydrogens is 284 g/mol. The van der Waals surface area contributed by atoms with Crippen LogP contribution < -0.4 is 5.32 Å². The van der Waals surface area contributed by atoms with E-state index >= 15 is 0 Å². The van der Waals surface area contributed by atoms with Gasteiger partial charge >= 0.3 is 6.03 Å². The molecule has 116 valence electrons. The number of β-amino-alcohol motifs (C(OH)–C–C–N with tert-alkyl or cyclic N) is 1. The van der Waals surface area contributed by atoms with E-state index in [9.17, 15) is 9.90 Å². The number of aryl methyl sites for hydroxylation is 1. The van der Waals surface area contributed by atoms with E-state index in [1.54, 1.807) is 11.0 Å². The standard InChI is InChI=1S/C15H18N4O3/c1-10-4-5-11(14-18-16-9-22-14)7-13(10)17-15(21)19-6-2-3-12(20)8-19/h4-5,7,9,12,20H,2-3,6,8H2,1H3,(H,17,21). The number of rotatable bonds is 2. The molecule has 1 aromatic heterocycles. The number of urea groups is 1. The fourth-order valence-electron chi connectivity index (χ4n) is 2.52. The lowest BCUT2D eigenvalue weighted by molar-refractivity contribution is 0.0883. The quantitative estimate of drug-likeness (QED) is 0.885. The lowest BCUT2D eigenvalue weighted by Crippen LogP contribution is -2.44. The SMILES string of the molecule is Cc1ccc(-c2nnco2)cc1NC(=O)N1CCCC(O)C1. The molecular formula is C15H18N4O3. The molecule has 1 aromatic carbocycles. The number of likely N-dealkylation sites (tertiary alicyclic amines) is 1. The molecule has 7 nitrogen and oxygen atoms in total. The summed E-state index contributed by atoms with van der Waals surface area (Å²) in [7, 11) is 0. The van der Waals surface area contributed by atoms with Gasteiger partial charge in [0.05, 0.1) is 6.10 Å². The second-order valence-corrected chi connectivity index (χ2v) is 5.45. The van der Waals surface area contributed by atoms with Crippen LogP contribution in [0.15, 0.2) is 29.0 Å². The number of amides is 2. The first-order valence-corrected chi connectivity index (χ1v) is 7.24. The molecule has 1 aliphatic heterocycles. The van der Waals surface area contributed by atoms with Crippen molar-refractivity contribution >= 4 is 11.7 Å². The number of aliphatic hydroxyl groups is 1. The lowest BCUT2D eigenvalue weighted by Gasteiger charge is -2.30. The van der Waals surface area contributed by atoms with Gasteiger partial charge < -0.3 is 19.7 Å². The van der Waals surface area contributed by atoms with Crippen molar-refractivity contribution in [3.8, 4) is 11.5 Å². The maximum atomic E-state index is 12.3.